The van der Waals surface area contributed by atoms with Crippen molar-refractivity contribution in [1.29, 1.82) is 0 Å². The molecule has 0 aromatic heterocycles. The molecular weight excluding hydrogens is 262 g/mol. The highest BCUT2D eigenvalue weighted by Crippen LogP contribution is 2.02. The Hall–Kier alpha value is -1.55. The summed E-state index contributed by atoms with van der Waals surface area (Å²) >= 11 is 0. The number of hydrogen-bond acceptors (Lipinski definition) is 2. The minimum Gasteiger partial charge on any atom is -0.381 e. The highest BCUT2D eigenvalue weighted by atomic mass is 16.5. The molecule has 0 saturated heterocycles. The van der Waals surface area contributed by atoms with Crippen molar-refractivity contribution in [3.05, 3.63) is 35.4 Å². The van der Waals surface area contributed by atoms with E-state index in [0.717, 1.165) is 38.7 Å². The number of aliphatic imine (C=N–C) groups is 1. The minimum atomic E-state index is 0.599. The Kier molecular flexibility index (Phi) is 8.51. The molecule has 0 aliphatic carbocycles. The molecule has 2 N–H and O–H groups in total. The second-order valence-electron chi connectivity index (χ2n) is 5.66. The molecule has 0 unspecified atom stereocenters. The largest absolute Gasteiger partial charge is 0.381 e. The van der Waals surface area contributed by atoms with Gasteiger partial charge in [-0.1, -0.05) is 43.7 Å². The van der Waals surface area contributed by atoms with Crippen molar-refractivity contribution in [1.82, 2.24) is 10.6 Å². The average Bonchev–Trinajstić information content (AvgIpc) is 2.47. The summed E-state index contributed by atoms with van der Waals surface area (Å²) in [5, 5.41) is 6.61. The van der Waals surface area contributed by atoms with Crippen molar-refractivity contribution in [2.45, 2.75) is 33.7 Å². The van der Waals surface area contributed by atoms with Gasteiger partial charge in [0.05, 0.1) is 0 Å². The number of guanidine groups is 1. The van der Waals surface area contributed by atoms with Crippen molar-refractivity contribution < 1.29 is 4.74 Å². The fourth-order valence-corrected chi connectivity index (χ4v) is 1.81. The van der Waals surface area contributed by atoms with E-state index in [9.17, 15) is 0 Å². The van der Waals surface area contributed by atoms with Crippen LogP contribution in [-0.2, 0) is 11.3 Å². The topological polar surface area (TPSA) is 45.7 Å². The van der Waals surface area contributed by atoms with Crippen LogP contribution < -0.4 is 10.6 Å². The normalized spacial score (nSPS) is 11.8. The van der Waals surface area contributed by atoms with Crippen molar-refractivity contribution in [2.75, 3.05) is 26.8 Å². The van der Waals surface area contributed by atoms with Crippen LogP contribution in [0, 0.1) is 12.8 Å². The Morgan fingerprint density at radius 3 is 2.52 bits per heavy atom. The van der Waals surface area contributed by atoms with Crippen LogP contribution in [0.3, 0.4) is 0 Å². The second-order valence-corrected chi connectivity index (χ2v) is 5.66. The van der Waals surface area contributed by atoms with Gasteiger partial charge in [-0.25, -0.2) is 0 Å². The first kappa shape index (κ1) is 17.5. The molecule has 0 spiro atoms. The molecule has 4 heteroatoms. The Labute approximate surface area is 129 Å². The lowest BCUT2D eigenvalue weighted by atomic mass is 10.1. The molecule has 21 heavy (non-hydrogen) atoms. The fourth-order valence-electron chi connectivity index (χ4n) is 1.81. The van der Waals surface area contributed by atoms with Gasteiger partial charge in [0, 0.05) is 33.4 Å². The van der Waals surface area contributed by atoms with E-state index >= 15 is 0 Å². The number of hydrogen-bond donors (Lipinski definition) is 2. The van der Waals surface area contributed by atoms with E-state index in [2.05, 4.69) is 60.7 Å². The van der Waals surface area contributed by atoms with Crippen molar-refractivity contribution in [3.8, 4) is 0 Å². The van der Waals surface area contributed by atoms with Gasteiger partial charge in [0.25, 0.3) is 0 Å². The molecular formula is C17H29N3O. The van der Waals surface area contributed by atoms with Crippen LogP contribution in [0.5, 0.6) is 0 Å². The molecule has 0 heterocycles. The summed E-state index contributed by atoms with van der Waals surface area (Å²) in [6.07, 6.45) is 0.984. The zero-order valence-electron chi connectivity index (χ0n) is 13.8. The van der Waals surface area contributed by atoms with E-state index < -0.39 is 0 Å². The molecule has 0 radical (unpaired) electrons. The summed E-state index contributed by atoms with van der Waals surface area (Å²) in [6.45, 7) is 9.69. The molecule has 118 valence electrons. The van der Waals surface area contributed by atoms with E-state index in [4.69, 9.17) is 4.74 Å². The highest BCUT2D eigenvalue weighted by molar-refractivity contribution is 5.79. The van der Waals surface area contributed by atoms with Gasteiger partial charge in [-0.05, 0) is 24.8 Å². The van der Waals surface area contributed by atoms with Gasteiger partial charge in [0.15, 0.2) is 5.96 Å². The number of nitrogens with one attached hydrogen (secondary N) is 2. The fraction of sp³-hybridized carbons (Fsp3) is 0.588. The van der Waals surface area contributed by atoms with Crippen LogP contribution >= 0.6 is 0 Å². The second kappa shape index (κ2) is 10.2. The van der Waals surface area contributed by atoms with Gasteiger partial charge in [-0.15, -0.1) is 0 Å². The van der Waals surface area contributed by atoms with Crippen molar-refractivity contribution in [2.24, 2.45) is 10.9 Å². The molecule has 0 aliphatic rings. The van der Waals surface area contributed by atoms with Gasteiger partial charge in [0.1, 0.15) is 0 Å². The van der Waals surface area contributed by atoms with Crippen molar-refractivity contribution in [3.63, 3.8) is 0 Å². The molecule has 0 aliphatic heterocycles. The van der Waals surface area contributed by atoms with Crippen LogP contribution in [0.15, 0.2) is 29.3 Å². The quantitative estimate of drug-likeness (QED) is 0.440. The summed E-state index contributed by atoms with van der Waals surface area (Å²) < 4.78 is 5.55. The Bertz CT molecular complexity index is 413. The first-order chi connectivity index (χ1) is 10.1. The van der Waals surface area contributed by atoms with Crippen LogP contribution in [0.1, 0.15) is 31.4 Å². The standard InChI is InChI=1S/C17H29N3O/c1-14(2)13-21-11-5-10-19-17(18-4)20-12-16-8-6-15(3)7-9-16/h6-9,14H,5,10-13H2,1-4H3,(H2,18,19,20). The summed E-state index contributed by atoms with van der Waals surface area (Å²) in [5.41, 5.74) is 2.53. The molecule has 4 nitrogen and oxygen atoms in total. The van der Waals surface area contributed by atoms with E-state index in [1.54, 1.807) is 7.05 Å². The zero-order valence-corrected chi connectivity index (χ0v) is 13.8. The first-order valence-electron chi connectivity index (χ1n) is 7.69. The molecule has 0 saturated carbocycles. The summed E-state index contributed by atoms with van der Waals surface area (Å²) in [7, 11) is 1.79. The number of nitrogens with zero attached hydrogens (tertiary/aromatic N) is 1. The third kappa shape index (κ3) is 8.35. The van der Waals surface area contributed by atoms with E-state index in [1.165, 1.54) is 11.1 Å². The summed E-state index contributed by atoms with van der Waals surface area (Å²) in [4.78, 5) is 4.22. The average molecular weight is 291 g/mol. The number of benzene rings is 1. The van der Waals surface area contributed by atoms with Crippen LogP contribution in [0.4, 0.5) is 0 Å². The maximum absolute atomic E-state index is 5.55. The first-order valence-corrected chi connectivity index (χ1v) is 7.69. The predicted octanol–water partition coefficient (Wildman–Crippen LogP) is 2.72. The van der Waals surface area contributed by atoms with Gasteiger partial charge in [0.2, 0.25) is 0 Å². The molecule has 1 aromatic carbocycles. The van der Waals surface area contributed by atoms with E-state index in [0.29, 0.717) is 5.92 Å². The van der Waals surface area contributed by atoms with Gasteiger partial charge in [-0.2, -0.15) is 0 Å². The van der Waals surface area contributed by atoms with E-state index in [1.807, 2.05) is 0 Å². The SMILES string of the molecule is CN=C(NCCCOCC(C)C)NCc1ccc(C)cc1. The van der Waals surface area contributed by atoms with Crippen LogP contribution in [-0.4, -0.2) is 32.8 Å². The number of aryl methyl sites for hydroxylation is 1. The van der Waals surface area contributed by atoms with Crippen LogP contribution in [0.25, 0.3) is 0 Å². The number of rotatable bonds is 8. The summed E-state index contributed by atoms with van der Waals surface area (Å²) in [6, 6.07) is 8.52. The minimum absolute atomic E-state index is 0.599. The smallest absolute Gasteiger partial charge is 0.191 e. The maximum atomic E-state index is 5.55. The molecule has 0 fully saturated rings. The van der Waals surface area contributed by atoms with Gasteiger partial charge < -0.3 is 15.4 Å². The lowest BCUT2D eigenvalue weighted by molar-refractivity contribution is 0.108. The third-order valence-corrected chi connectivity index (χ3v) is 3.01. The van der Waals surface area contributed by atoms with E-state index in [-0.39, 0.29) is 0 Å². The highest BCUT2D eigenvalue weighted by Gasteiger charge is 1.98. The molecule has 1 aromatic rings. The monoisotopic (exact) mass is 291 g/mol. The Balaban J connectivity index is 2.16. The Morgan fingerprint density at radius 1 is 1.19 bits per heavy atom. The lowest BCUT2D eigenvalue weighted by Gasteiger charge is -2.12. The lowest BCUT2D eigenvalue weighted by Crippen LogP contribution is -2.37. The Morgan fingerprint density at radius 2 is 1.90 bits per heavy atom. The molecule has 0 bridgehead atoms. The zero-order chi connectivity index (χ0) is 15.5. The van der Waals surface area contributed by atoms with Gasteiger partial charge in [-0.3, -0.25) is 4.99 Å². The predicted molar refractivity (Wildman–Crippen MR) is 89.7 cm³/mol. The third-order valence-electron chi connectivity index (χ3n) is 3.01. The van der Waals surface area contributed by atoms with Gasteiger partial charge >= 0.3 is 0 Å². The number of ether oxygens (including phenoxy) is 1. The molecule has 0 atom stereocenters. The summed E-state index contributed by atoms with van der Waals surface area (Å²) in [5.74, 6) is 1.43. The van der Waals surface area contributed by atoms with Crippen molar-refractivity contribution >= 4 is 5.96 Å². The molecule has 0 amide bonds. The maximum Gasteiger partial charge on any atom is 0.191 e. The van der Waals surface area contributed by atoms with Crippen LogP contribution in [0.2, 0.25) is 0 Å². The molecule has 1 rings (SSSR count).